The molecule has 0 spiro atoms. The Labute approximate surface area is 98.1 Å². The molecule has 0 unspecified atom stereocenters. The van der Waals surface area contributed by atoms with Crippen LogP contribution in [0.3, 0.4) is 0 Å². The van der Waals surface area contributed by atoms with Crippen molar-refractivity contribution in [1.29, 1.82) is 0 Å². The lowest BCUT2D eigenvalue weighted by Crippen LogP contribution is -2.18. The molecule has 1 atom stereocenters. The van der Waals surface area contributed by atoms with Crippen molar-refractivity contribution in [1.82, 2.24) is 0 Å². The lowest BCUT2D eigenvalue weighted by Gasteiger charge is -2.26. The molecule has 0 heterocycles. The van der Waals surface area contributed by atoms with E-state index in [1.54, 1.807) is 0 Å². The van der Waals surface area contributed by atoms with Gasteiger partial charge in [0.2, 0.25) is 0 Å². The molecule has 1 aromatic rings. The van der Waals surface area contributed by atoms with Crippen LogP contribution in [-0.2, 0) is 4.74 Å². The Kier molecular flexibility index (Phi) is 4.17. The van der Waals surface area contributed by atoms with E-state index in [2.05, 4.69) is 30.8 Å². The third-order valence-electron chi connectivity index (χ3n) is 3.23. The van der Waals surface area contributed by atoms with Gasteiger partial charge in [0.25, 0.3) is 0 Å². The average Bonchev–Trinajstić information content (AvgIpc) is 2.38. The van der Waals surface area contributed by atoms with E-state index in [4.69, 9.17) is 4.74 Å². The molecule has 16 heavy (non-hydrogen) atoms. The first kappa shape index (κ1) is 11.4. The lowest BCUT2D eigenvalue weighted by molar-refractivity contribution is -0.00813. The Hall–Kier alpha value is -1.08. The summed E-state index contributed by atoms with van der Waals surface area (Å²) in [5.74, 6) is 0. The Balaban J connectivity index is 1.97. The molecule has 1 nitrogen and oxygen atoms in total. The summed E-state index contributed by atoms with van der Waals surface area (Å²) in [6, 6.07) is 10.3. The van der Waals surface area contributed by atoms with E-state index < -0.39 is 0 Å². The van der Waals surface area contributed by atoms with Gasteiger partial charge in [0, 0.05) is 0 Å². The molecule has 1 aliphatic rings. The minimum absolute atomic E-state index is 0.0595. The zero-order valence-corrected chi connectivity index (χ0v) is 9.77. The fourth-order valence-electron chi connectivity index (χ4n) is 2.32. The lowest BCUT2D eigenvalue weighted by atomic mass is 9.97. The Bertz CT molecular complexity index is 311. The molecule has 1 aliphatic carbocycles. The highest BCUT2D eigenvalue weighted by molar-refractivity contribution is 5.20. The normalized spacial score (nSPS) is 19.2. The van der Waals surface area contributed by atoms with E-state index >= 15 is 0 Å². The zero-order valence-electron chi connectivity index (χ0n) is 9.77. The van der Waals surface area contributed by atoms with Crippen molar-refractivity contribution >= 4 is 0 Å². The molecule has 2 rings (SSSR count). The second-order valence-electron chi connectivity index (χ2n) is 4.46. The molecule has 1 aromatic carbocycles. The summed E-state index contributed by atoms with van der Waals surface area (Å²) < 4.78 is 6.11. The minimum Gasteiger partial charge on any atom is -0.366 e. The van der Waals surface area contributed by atoms with Gasteiger partial charge in [0.1, 0.15) is 6.10 Å². The first-order valence-corrected chi connectivity index (χ1v) is 6.23. The first-order chi connectivity index (χ1) is 7.90. The summed E-state index contributed by atoms with van der Waals surface area (Å²) in [6.07, 6.45) is 8.79. The van der Waals surface area contributed by atoms with Crippen molar-refractivity contribution in [2.75, 3.05) is 0 Å². The smallest absolute Gasteiger partial charge is 0.101 e. The third-order valence-corrected chi connectivity index (χ3v) is 3.23. The van der Waals surface area contributed by atoms with Gasteiger partial charge in [-0.15, -0.1) is 6.58 Å². The van der Waals surface area contributed by atoms with E-state index in [-0.39, 0.29) is 6.10 Å². The van der Waals surface area contributed by atoms with Crippen LogP contribution in [0.1, 0.15) is 43.8 Å². The maximum atomic E-state index is 6.11. The van der Waals surface area contributed by atoms with Crippen molar-refractivity contribution in [2.45, 2.75) is 44.3 Å². The van der Waals surface area contributed by atoms with E-state index in [9.17, 15) is 0 Å². The fourth-order valence-corrected chi connectivity index (χ4v) is 2.32. The Morgan fingerprint density at radius 3 is 2.44 bits per heavy atom. The molecule has 1 fully saturated rings. The zero-order chi connectivity index (χ0) is 11.2. The largest absolute Gasteiger partial charge is 0.366 e. The number of ether oxygens (including phenoxy) is 1. The molecule has 0 radical (unpaired) electrons. The molecule has 0 amide bonds. The van der Waals surface area contributed by atoms with Gasteiger partial charge in [-0.2, -0.15) is 0 Å². The molecule has 1 saturated carbocycles. The number of hydrogen-bond acceptors (Lipinski definition) is 1. The van der Waals surface area contributed by atoms with Crippen LogP contribution in [0.2, 0.25) is 0 Å². The van der Waals surface area contributed by atoms with Gasteiger partial charge in [0.05, 0.1) is 6.10 Å². The summed E-state index contributed by atoms with van der Waals surface area (Å²) in [5.41, 5.74) is 1.21. The number of rotatable bonds is 4. The van der Waals surface area contributed by atoms with Crippen LogP contribution < -0.4 is 0 Å². The van der Waals surface area contributed by atoms with Crippen molar-refractivity contribution in [3.63, 3.8) is 0 Å². The first-order valence-electron chi connectivity index (χ1n) is 6.23. The summed E-state index contributed by atoms with van der Waals surface area (Å²) >= 11 is 0. The third kappa shape index (κ3) is 2.96. The number of hydrogen-bond donors (Lipinski definition) is 0. The van der Waals surface area contributed by atoms with Crippen molar-refractivity contribution in [3.05, 3.63) is 48.6 Å². The second-order valence-corrected chi connectivity index (χ2v) is 4.46. The highest BCUT2D eigenvalue weighted by atomic mass is 16.5. The SMILES string of the molecule is C=C[C@@H](OC1CCCCC1)c1ccccc1. The Morgan fingerprint density at radius 2 is 1.81 bits per heavy atom. The molecule has 1 heteroatoms. The maximum Gasteiger partial charge on any atom is 0.101 e. The van der Waals surface area contributed by atoms with Gasteiger partial charge in [-0.05, 0) is 18.4 Å². The standard InChI is InChI=1S/C15H20O/c1-2-15(13-9-5-3-6-10-13)16-14-11-7-4-8-12-14/h2-3,5-6,9-10,14-15H,1,4,7-8,11-12H2/t15-/m1/s1. The van der Waals surface area contributed by atoms with Gasteiger partial charge in [-0.3, -0.25) is 0 Å². The van der Waals surface area contributed by atoms with Gasteiger partial charge < -0.3 is 4.74 Å². The van der Waals surface area contributed by atoms with E-state index in [1.165, 1.54) is 37.7 Å². The second kappa shape index (κ2) is 5.86. The molecule has 86 valence electrons. The van der Waals surface area contributed by atoms with Crippen molar-refractivity contribution in [2.24, 2.45) is 0 Å². The molecule has 0 N–H and O–H groups in total. The summed E-state index contributed by atoms with van der Waals surface area (Å²) in [4.78, 5) is 0. The molecule has 0 aliphatic heterocycles. The quantitative estimate of drug-likeness (QED) is 0.683. The van der Waals surface area contributed by atoms with Crippen LogP contribution in [0, 0.1) is 0 Å². The summed E-state index contributed by atoms with van der Waals surface area (Å²) in [5, 5.41) is 0. The van der Waals surface area contributed by atoms with Crippen LogP contribution in [-0.4, -0.2) is 6.10 Å². The van der Waals surface area contributed by atoms with E-state index in [0.717, 1.165) is 0 Å². The van der Waals surface area contributed by atoms with Crippen molar-refractivity contribution < 1.29 is 4.74 Å². The fraction of sp³-hybridized carbons (Fsp3) is 0.467. The van der Waals surface area contributed by atoms with Gasteiger partial charge in [-0.25, -0.2) is 0 Å². The minimum atomic E-state index is 0.0595. The topological polar surface area (TPSA) is 9.23 Å². The van der Waals surface area contributed by atoms with Gasteiger partial charge >= 0.3 is 0 Å². The summed E-state index contributed by atoms with van der Waals surface area (Å²) in [6.45, 7) is 3.88. The molecule has 0 aromatic heterocycles. The van der Waals surface area contributed by atoms with E-state index in [1.807, 2.05) is 12.1 Å². The predicted octanol–water partition coefficient (Wildman–Crippen LogP) is 4.26. The van der Waals surface area contributed by atoms with Crippen LogP contribution in [0.25, 0.3) is 0 Å². The predicted molar refractivity (Wildman–Crippen MR) is 67.3 cm³/mol. The van der Waals surface area contributed by atoms with Crippen LogP contribution in [0.15, 0.2) is 43.0 Å². The van der Waals surface area contributed by atoms with E-state index in [0.29, 0.717) is 6.10 Å². The Morgan fingerprint density at radius 1 is 1.12 bits per heavy atom. The molecule has 0 bridgehead atoms. The molecular weight excluding hydrogens is 196 g/mol. The van der Waals surface area contributed by atoms with Crippen LogP contribution in [0.5, 0.6) is 0 Å². The van der Waals surface area contributed by atoms with Gasteiger partial charge in [0.15, 0.2) is 0 Å². The monoisotopic (exact) mass is 216 g/mol. The highest BCUT2D eigenvalue weighted by Crippen LogP contribution is 2.27. The number of benzene rings is 1. The maximum absolute atomic E-state index is 6.11. The van der Waals surface area contributed by atoms with Crippen molar-refractivity contribution in [3.8, 4) is 0 Å². The molecule has 0 saturated heterocycles. The highest BCUT2D eigenvalue weighted by Gasteiger charge is 2.18. The average molecular weight is 216 g/mol. The van der Waals surface area contributed by atoms with Gasteiger partial charge in [-0.1, -0.05) is 55.7 Å². The summed E-state index contributed by atoms with van der Waals surface area (Å²) in [7, 11) is 0. The van der Waals surface area contributed by atoms with Crippen LogP contribution in [0.4, 0.5) is 0 Å². The molecular formula is C15H20O. The van der Waals surface area contributed by atoms with Crippen LogP contribution >= 0.6 is 0 Å².